The molecule has 0 spiro atoms. The Morgan fingerprint density at radius 3 is 2.47 bits per heavy atom. The highest BCUT2D eigenvalue weighted by atomic mass is 14.9. The van der Waals surface area contributed by atoms with Crippen molar-refractivity contribution in [2.45, 2.75) is 13.3 Å². The molecule has 0 fully saturated rings. The minimum Gasteiger partial charge on any atom is -0.399 e. The molecule has 0 saturated carbocycles. The lowest BCUT2D eigenvalue weighted by Crippen LogP contribution is -1.92. The number of nitrogens with two attached hydrogens (primary N) is 1. The molecule has 15 heavy (non-hydrogen) atoms. The van der Waals surface area contributed by atoms with Crippen LogP contribution in [0.25, 0.3) is 11.1 Å². The van der Waals surface area contributed by atoms with E-state index in [4.69, 9.17) is 5.73 Å². The van der Waals surface area contributed by atoms with Crippen LogP contribution >= 0.6 is 0 Å². The first kappa shape index (κ1) is 9.65. The smallest absolute Gasteiger partial charge is 0.127 e. The Morgan fingerprint density at radius 1 is 1.13 bits per heavy atom. The maximum atomic E-state index is 5.71. The molecule has 1 aromatic heterocycles. The van der Waals surface area contributed by atoms with Gasteiger partial charge < -0.3 is 5.73 Å². The molecule has 0 bridgehead atoms. The fourth-order valence-corrected chi connectivity index (χ4v) is 1.40. The third-order valence-corrected chi connectivity index (χ3v) is 2.24. The van der Waals surface area contributed by atoms with E-state index in [1.807, 2.05) is 43.6 Å². The second kappa shape index (κ2) is 4.09. The number of benzene rings is 1. The van der Waals surface area contributed by atoms with Crippen molar-refractivity contribution in [2.24, 2.45) is 0 Å². The van der Waals surface area contributed by atoms with Crippen molar-refractivity contribution in [3.63, 3.8) is 0 Å². The average Bonchev–Trinajstić information content (AvgIpc) is 2.29. The predicted octanol–water partition coefficient (Wildman–Crippen LogP) is 2.29. The molecular formula is C12H13N3. The van der Waals surface area contributed by atoms with Crippen LogP contribution in [0.1, 0.15) is 12.7 Å². The van der Waals surface area contributed by atoms with Gasteiger partial charge in [-0.1, -0.05) is 19.1 Å². The minimum atomic E-state index is 0.757. The van der Waals surface area contributed by atoms with Gasteiger partial charge in [-0.3, -0.25) is 0 Å². The van der Waals surface area contributed by atoms with E-state index >= 15 is 0 Å². The zero-order valence-electron chi connectivity index (χ0n) is 8.64. The van der Waals surface area contributed by atoms with Gasteiger partial charge in [-0.2, -0.15) is 0 Å². The number of rotatable bonds is 2. The van der Waals surface area contributed by atoms with Gasteiger partial charge in [-0.05, 0) is 17.7 Å². The Hall–Kier alpha value is -1.90. The van der Waals surface area contributed by atoms with Crippen molar-refractivity contribution < 1.29 is 0 Å². The summed E-state index contributed by atoms with van der Waals surface area (Å²) in [5.41, 5.74) is 8.52. The number of hydrogen-bond acceptors (Lipinski definition) is 3. The monoisotopic (exact) mass is 199 g/mol. The van der Waals surface area contributed by atoms with Crippen molar-refractivity contribution in [3.05, 3.63) is 42.5 Å². The Balaban J connectivity index is 2.37. The summed E-state index contributed by atoms with van der Waals surface area (Å²) in [6, 6.07) is 7.72. The molecule has 76 valence electrons. The summed E-state index contributed by atoms with van der Waals surface area (Å²) in [5, 5.41) is 0. The van der Waals surface area contributed by atoms with Crippen LogP contribution in [0, 0.1) is 0 Å². The van der Waals surface area contributed by atoms with Crippen LogP contribution in [0.5, 0.6) is 0 Å². The topological polar surface area (TPSA) is 51.8 Å². The van der Waals surface area contributed by atoms with E-state index in [0.717, 1.165) is 29.1 Å². The lowest BCUT2D eigenvalue weighted by atomic mass is 10.1. The molecule has 3 nitrogen and oxygen atoms in total. The summed E-state index contributed by atoms with van der Waals surface area (Å²) in [6.07, 6.45) is 4.53. The van der Waals surface area contributed by atoms with Crippen LogP contribution < -0.4 is 5.73 Å². The van der Waals surface area contributed by atoms with E-state index in [9.17, 15) is 0 Å². The van der Waals surface area contributed by atoms with E-state index in [-0.39, 0.29) is 0 Å². The molecule has 0 radical (unpaired) electrons. The molecule has 0 aliphatic carbocycles. The number of aryl methyl sites for hydroxylation is 1. The van der Waals surface area contributed by atoms with Gasteiger partial charge in [-0.15, -0.1) is 0 Å². The standard InChI is InChI=1S/C12H13N3/c1-2-12-14-7-10(8-15-12)9-4-3-5-11(13)6-9/h3-8H,2,13H2,1H3. The zero-order chi connectivity index (χ0) is 10.7. The van der Waals surface area contributed by atoms with E-state index in [1.165, 1.54) is 0 Å². The van der Waals surface area contributed by atoms with E-state index < -0.39 is 0 Å². The summed E-state index contributed by atoms with van der Waals surface area (Å²) < 4.78 is 0. The fraction of sp³-hybridized carbons (Fsp3) is 0.167. The highest BCUT2D eigenvalue weighted by Crippen LogP contribution is 2.19. The van der Waals surface area contributed by atoms with Crippen molar-refractivity contribution in [1.29, 1.82) is 0 Å². The summed E-state index contributed by atoms with van der Waals surface area (Å²) in [4.78, 5) is 8.50. The van der Waals surface area contributed by atoms with Crippen LogP contribution in [-0.4, -0.2) is 9.97 Å². The molecule has 0 amide bonds. The quantitative estimate of drug-likeness (QED) is 0.755. The van der Waals surface area contributed by atoms with Gasteiger partial charge in [0.25, 0.3) is 0 Å². The van der Waals surface area contributed by atoms with Gasteiger partial charge in [0.15, 0.2) is 0 Å². The Labute approximate surface area is 89.0 Å². The zero-order valence-corrected chi connectivity index (χ0v) is 8.64. The Morgan fingerprint density at radius 2 is 1.87 bits per heavy atom. The highest BCUT2D eigenvalue weighted by Gasteiger charge is 1.99. The van der Waals surface area contributed by atoms with Crippen molar-refractivity contribution >= 4 is 5.69 Å². The fourth-order valence-electron chi connectivity index (χ4n) is 1.40. The minimum absolute atomic E-state index is 0.757. The van der Waals surface area contributed by atoms with E-state index in [1.54, 1.807) is 0 Å². The van der Waals surface area contributed by atoms with Crippen molar-refractivity contribution in [3.8, 4) is 11.1 Å². The van der Waals surface area contributed by atoms with Gasteiger partial charge in [0.05, 0.1) is 0 Å². The van der Waals surface area contributed by atoms with Crippen LogP contribution in [0.3, 0.4) is 0 Å². The molecule has 3 heteroatoms. The molecule has 0 unspecified atom stereocenters. The number of aromatic nitrogens is 2. The maximum Gasteiger partial charge on any atom is 0.127 e. The van der Waals surface area contributed by atoms with Gasteiger partial charge >= 0.3 is 0 Å². The Kier molecular flexibility index (Phi) is 2.63. The van der Waals surface area contributed by atoms with E-state index in [0.29, 0.717) is 0 Å². The number of nitrogen functional groups attached to an aromatic ring is 1. The lowest BCUT2D eigenvalue weighted by Gasteiger charge is -2.02. The molecule has 1 aromatic carbocycles. The third-order valence-electron chi connectivity index (χ3n) is 2.24. The number of hydrogen-bond donors (Lipinski definition) is 1. The second-order valence-corrected chi connectivity index (χ2v) is 3.37. The summed E-state index contributed by atoms with van der Waals surface area (Å²) in [5.74, 6) is 0.864. The molecule has 2 aromatic rings. The normalized spacial score (nSPS) is 10.2. The summed E-state index contributed by atoms with van der Waals surface area (Å²) in [7, 11) is 0. The summed E-state index contributed by atoms with van der Waals surface area (Å²) in [6.45, 7) is 2.04. The lowest BCUT2D eigenvalue weighted by molar-refractivity contribution is 0.941. The number of anilines is 1. The van der Waals surface area contributed by atoms with Crippen molar-refractivity contribution in [2.75, 3.05) is 5.73 Å². The first-order valence-electron chi connectivity index (χ1n) is 4.96. The molecule has 0 aliphatic heterocycles. The van der Waals surface area contributed by atoms with E-state index in [2.05, 4.69) is 9.97 Å². The molecule has 1 heterocycles. The highest BCUT2D eigenvalue weighted by molar-refractivity contribution is 5.65. The van der Waals surface area contributed by atoms with Crippen LogP contribution in [0.2, 0.25) is 0 Å². The molecule has 2 rings (SSSR count). The predicted molar refractivity (Wildman–Crippen MR) is 61.3 cm³/mol. The van der Waals surface area contributed by atoms with Gasteiger partial charge in [-0.25, -0.2) is 9.97 Å². The molecule has 0 atom stereocenters. The van der Waals surface area contributed by atoms with Crippen LogP contribution in [-0.2, 0) is 6.42 Å². The van der Waals surface area contributed by atoms with Gasteiger partial charge in [0.2, 0.25) is 0 Å². The van der Waals surface area contributed by atoms with Crippen molar-refractivity contribution in [1.82, 2.24) is 9.97 Å². The maximum absolute atomic E-state index is 5.71. The van der Waals surface area contributed by atoms with Gasteiger partial charge in [0.1, 0.15) is 5.82 Å². The second-order valence-electron chi connectivity index (χ2n) is 3.37. The first-order valence-corrected chi connectivity index (χ1v) is 4.96. The SMILES string of the molecule is CCc1ncc(-c2cccc(N)c2)cn1. The first-order chi connectivity index (χ1) is 7.29. The third kappa shape index (κ3) is 2.13. The van der Waals surface area contributed by atoms with Gasteiger partial charge in [0, 0.05) is 30.1 Å². The number of nitrogens with zero attached hydrogens (tertiary/aromatic N) is 2. The largest absolute Gasteiger partial charge is 0.399 e. The van der Waals surface area contributed by atoms with Crippen LogP contribution in [0.4, 0.5) is 5.69 Å². The Bertz CT molecular complexity index is 449. The average molecular weight is 199 g/mol. The molecular weight excluding hydrogens is 186 g/mol. The molecule has 0 aliphatic rings. The molecule has 0 saturated heterocycles. The van der Waals surface area contributed by atoms with Crippen LogP contribution in [0.15, 0.2) is 36.7 Å². The molecule has 2 N–H and O–H groups in total. The summed E-state index contributed by atoms with van der Waals surface area (Å²) >= 11 is 0.